The molecule has 0 fully saturated rings. The second-order valence-electron chi connectivity index (χ2n) is 7.44. The standard InChI is InChI=1S/C23H23F2N5O2/c1-2-32-21(31)15-30-23(26-27-28-30)22(18-5-9-20(25)10-6-18)29-13-11-17(12-14-29)16-3-7-19(24)8-4-16/h3-11,22H,2,12-15H2,1H3. The molecule has 1 aliphatic rings. The smallest absolute Gasteiger partial charge is 0.327 e. The fourth-order valence-corrected chi connectivity index (χ4v) is 3.86. The summed E-state index contributed by atoms with van der Waals surface area (Å²) >= 11 is 0. The number of hydrogen-bond donors (Lipinski definition) is 0. The second kappa shape index (κ2) is 9.78. The molecule has 1 aromatic heterocycles. The minimum Gasteiger partial charge on any atom is -0.465 e. The van der Waals surface area contributed by atoms with Crippen molar-refractivity contribution in [3.8, 4) is 0 Å². The minimum atomic E-state index is -0.434. The predicted octanol–water partition coefficient (Wildman–Crippen LogP) is 3.39. The molecule has 0 amide bonds. The van der Waals surface area contributed by atoms with Crippen LogP contribution in [0.2, 0.25) is 0 Å². The van der Waals surface area contributed by atoms with Gasteiger partial charge in [-0.15, -0.1) is 5.10 Å². The molecule has 0 spiro atoms. The molecule has 166 valence electrons. The first-order valence-corrected chi connectivity index (χ1v) is 10.4. The molecule has 0 N–H and O–H groups in total. The lowest BCUT2D eigenvalue weighted by Gasteiger charge is -2.33. The van der Waals surface area contributed by atoms with Gasteiger partial charge >= 0.3 is 5.97 Å². The first-order valence-electron chi connectivity index (χ1n) is 10.4. The number of rotatable bonds is 7. The number of hydrogen-bond acceptors (Lipinski definition) is 6. The fourth-order valence-electron chi connectivity index (χ4n) is 3.86. The number of carbonyl (C=O) groups excluding carboxylic acids is 1. The zero-order valence-corrected chi connectivity index (χ0v) is 17.6. The topological polar surface area (TPSA) is 73.1 Å². The summed E-state index contributed by atoms with van der Waals surface area (Å²) in [5.41, 5.74) is 2.92. The Balaban J connectivity index is 1.63. The van der Waals surface area contributed by atoms with Crippen LogP contribution in [0.1, 0.15) is 36.3 Å². The van der Waals surface area contributed by atoms with Gasteiger partial charge in [0.1, 0.15) is 18.2 Å². The van der Waals surface area contributed by atoms with Crippen LogP contribution in [0, 0.1) is 11.6 Å². The molecule has 1 atom stereocenters. The lowest BCUT2D eigenvalue weighted by molar-refractivity contribution is -0.144. The molecule has 0 saturated heterocycles. The first-order chi connectivity index (χ1) is 15.5. The normalized spacial score (nSPS) is 15.3. The number of benzene rings is 2. The summed E-state index contributed by atoms with van der Waals surface area (Å²) in [4.78, 5) is 14.2. The SMILES string of the molecule is CCOC(=O)Cn1nnnc1C(c1ccc(F)cc1)N1CC=C(c2ccc(F)cc2)CC1. The Morgan fingerprint density at radius 1 is 1.09 bits per heavy atom. The van der Waals surface area contributed by atoms with Gasteiger partial charge in [-0.25, -0.2) is 13.5 Å². The molecule has 4 rings (SSSR count). The number of esters is 1. The maximum absolute atomic E-state index is 13.6. The Hall–Kier alpha value is -3.46. The Labute approximate surface area is 184 Å². The van der Waals surface area contributed by atoms with E-state index in [1.165, 1.54) is 28.9 Å². The largest absolute Gasteiger partial charge is 0.465 e. The number of halogens is 2. The summed E-state index contributed by atoms with van der Waals surface area (Å²) in [5.74, 6) is -0.563. The van der Waals surface area contributed by atoms with Crippen molar-refractivity contribution >= 4 is 11.5 Å². The van der Waals surface area contributed by atoms with Gasteiger partial charge in [-0.05, 0) is 64.7 Å². The average Bonchev–Trinajstić information content (AvgIpc) is 3.24. The van der Waals surface area contributed by atoms with E-state index in [4.69, 9.17) is 4.74 Å². The lowest BCUT2D eigenvalue weighted by atomic mass is 9.96. The Kier molecular flexibility index (Phi) is 6.65. The van der Waals surface area contributed by atoms with E-state index in [1.54, 1.807) is 31.2 Å². The molecule has 0 bridgehead atoms. The van der Waals surface area contributed by atoms with Gasteiger partial charge in [0.15, 0.2) is 5.82 Å². The molecule has 0 saturated carbocycles. The molecule has 0 radical (unpaired) electrons. The van der Waals surface area contributed by atoms with Crippen LogP contribution in [-0.4, -0.2) is 50.8 Å². The highest BCUT2D eigenvalue weighted by Gasteiger charge is 2.30. The van der Waals surface area contributed by atoms with Crippen molar-refractivity contribution in [2.24, 2.45) is 0 Å². The van der Waals surface area contributed by atoms with E-state index in [9.17, 15) is 13.6 Å². The van der Waals surface area contributed by atoms with Gasteiger partial charge < -0.3 is 4.74 Å². The van der Waals surface area contributed by atoms with E-state index in [1.807, 2.05) is 0 Å². The van der Waals surface area contributed by atoms with Crippen LogP contribution in [-0.2, 0) is 16.1 Å². The van der Waals surface area contributed by atoms with Crippen LogP contribution in [0.3, 0.4) is 0 Å². The van der Waals surface area contributed by atoms with Crippen LogP contribution >= 0.6 is 0 Å². The summed E-state index contributed by atoms with van der Waals surface area (Å²) in [5, 5.41) is 11.9. The maximum atomic E-state index is 13.6. The van der Waals surface area contributed by atoms with Crippen molar-refractivity contribution in [1.82, 2.24) is 25.1 Å². The summed E-state index contributed by atoms with van der Waals surface area (Å²) < 4.78 is 33.3. The highest BCUT2D eigenvalue weighted by molar-refractivity contribution is 5.69. The van der Waals surface area contributed by atoms with Crippen molar-refractivity contribution in [3.63, 3.8) is 0 Å². The summed E-state index contributed by atoms with van der Waals surface area (Å²) in [7, 11) is 0. The Morgan fingerprint density at radius 3 is 2.41 bits per heavy atom. The number of ether oxygens (including phenoxy) is 1. The molecule has 9 heteroatoms. The van der Waals surface area contributed by atoms with Crippen LogP contribution in [0.15, 0.2) is 54.6 Å². The maximum Gasteiger partial charge on any atom is 0.327 e. The van der Waals surface area contributed by atoms with E-state index in [0.29, 0.717) is 18.9 Å². The lowest BCUT2D eigenvalue weighted by Crippen LogP contribution is -2.35. The van der Waals surface area contributed by atoms with Gasteiger partial charge in [0, 0.05) is 13.1 Å². The molecule has 1 aliphatic heterocycles. The average molecular weight is 439 g/mol. The van der Waals surface area contributed by atoms with Crippen molar-refractivity contribution in [1.29, 1.82) is 0 Å². The molecular formula is C23H23F2N5O2. The number of carbonyl (C=O) groups is 1. The van der Waals surface area contributed by atoms with Gasteiger partial charge in [0.05, 0.1) is 12.6 Å². The highest BCUT2D eigenvalue weighted by Crippen LogP contribution is 2.32. The van der Waals surface area contributed by atoms with Gasteiger partial charge in [-0.2, -0.15) is 0 Å². The number of tetrazole rings is 1. The second-order valence-corrected chi connectivity index (χ2v) is 7.44. The summed E-state index contributed by atoms with van der Waals surface area (Å²) in [6.45, 7) is 3.15. The summed E-state index contributed by atoms with van der Waals surface area (Å²) in [6, 6.07) is 12.2. The molecule has 1 unspecified atom stereocenters. The van der Waals surface area contributed by atoms with Gasteiger partial charge in [0.2, 0.25) is 0 Å². The van der Waals surface area contributed by atoms with Gasteiger partial charge in [-0.1, -0.05) is 30.3 Å². The van der Waals surface area contributed by atoms with Crippen LogP contribution in [0.5, 0.6) is 0 Å². The van der Waals surface area contributed by atoms with Crippen LogP contribution < -0.4 is 0 Å². The number of aromatic nitrogens is 4. The molecule has 7 nitrogen and oxygen atoms in total. The molecule has 32 heavy (non-hydrogen) atoms. The van der Waals surface area contributed by atoms with Crippen molar-refractivity contribution in [2.45, 2.75) is 25.9 Å². The molecular weight excluding hydrogens is 416 g/mol. The van der Waals surface area contributed by atoms with E-state index in [0.717, 1.165) is 23.1 Å². The molecule has 2 heterocycles. The third-order valence-corrected chi connectivity index (χ3v) is 5.39. The van der Waals surface area contributed by atoms with E-state index in [-0.39, 0.29) is 30.8 Å². The van der Waals surface area contributed by atoms with E-state index in [2.05, 4.69) is 26.5 Å². The third-order valence-electron chi connectivity index (χ3n) is 5.39. The zero-order chi connectivity index (χ0) is 22.5. The number of nitrogens with zero attached hydrogens (tertiary/aromatic N) is 5. The van der Waals surface area contributed by atoms with Crippen molar-refractivity contribution < 1.29 is 18.3 Å². The summed E-state index contributed by atoms with van der Waals surface area (Å²) in [6.07, 6.45) is 2.83. The quantitative estimate of drug-likeness (QED) is 0.526. The van der Waals surface area contributed by atoms with Crippen molar-refractivity contribution in [3.05, 3.63) is 83.2 Å². The van der Waals surface area contributed by atoms with E-state index < -0.39 is 5.97 Å². The van der Waals surface area contributed by atoms with E-state index >= 15 is 0 Å². The van der Waals surface area contributed by atoms with Crippen LogP contribution in [0.25, 0.3) is 5.57 Å². The van der Waals surface area contributed by atoms with Gasteiger partial charge in [-0.3, -0.25) is 9.69 Å². The first kappa shape index (κ1) is 21.8. The Morgan fingerprint density at radius 2 is 1.78 bits per heavy atom. The Bertz CT molecular complexity index is 1100. The zero-order valence-electron chi connectivity index (χ0n) is 17.6. The fraction of sp³-hybridized carbons (Fsp3) is 0.304. The monoisotopic (exact) mass is 439 g/mol. The predicted molar refractivity (Wildman–Crippen MR) is 113 cm³/mol. The molecule has 2 aromatic carbocycles. The minimum absolute atomic E-state index is 0.113. The highest BCUT2D eigenvalue weighted by atomic mass is 19.1. The van der Waals surface area contributed by atoms with Crippen LogP contribution in [0.4, 0.5) is 8.78 Å². The van der Waals surface area contributed by atoms with Crippen molar-refractivity contribution in [2.75, 3.05) is 19.7 Å². The third kappa shape index (κ3) is 4.88. The van der Waals surface area contributed by atoms with Gasteiger partial charge in [0.25, 0.3) is 0 Å². The molecule has 3 aromatic rings. The molecule has 0 aliphatic carbocycles.